The molecule has 2 rings (SSSR count). The van der Waals surface area contributed by atoms with Gasteiger partial charge in [-0.2, -0.15) is 0 Å². The fourth-order valence-electron chi connectivity index (χ4n) is 4.58. The standard InChI is InChI=1S/C20H37NO5S/c1-2-3-4-9-14-27(24,25)21-15-17-16(18-12-13-19(17)26-18)10-7-5-6-8-11-20(22)23/h16-19,21H,2-15H2,1H3,(H,22,23)/t16-,17+,18-,19+/m1/s1. The number of sulfonamides is 1. The third-order valence-corrected chi connectivity index (χ3v) is 7.51. The van der Waals surface area contributed by atoms with Crippen LogP contribution in [0.3, 0.4) is 0 Å². The number of aliphatic carboxylic acids is 1. The van der Waals surface area contributed by atoms with Crippen molar-refractivity contribution in [1.82, 2.24) is 4.72 Å². The maximum absolute atomic E-state index is 12.3. The molecule has 0 amide bonds. The molecule has 2 fully saturated rings. The van der Waals surface area contributed by atoms with Gasteiger partial charge in [0.05, 0.1) is 18.0 Å². The molecular formula is C20H37NO5S. The fourth-order valence-corrected chi connectivity index (χ4v) is 5.75. The minimum atomic E-state index is -3.19. The van der Waals surface area contributed by atoms with E-state index in [9.17, 15) is 13.2 Å². The van der Waals surface area contributed by atoms with Crippen LogP contribution in [-0.4, -0.2) is 44.0 Å². The molecular weight excluding hydrogens is 366 g/mol. The fraction of sp³-hybridized carbons (Fsp3) is 0.950. The van der Waals surface area contributed by atoms with Crippen molar-refractivity contribution in [2.24, 2.45) is 11.8 Å². The number of carbonyl (C=O) groups is 1. The lowest BCUT2D eigenvalue weighted by Gasteiger charge is -2.28. The second kappa shape index (κ2) is 11.4. The van der Waals surface area contributed by atoms with Gasteiger partial charge < -0.3 is 9.84 Å². The van der Waals surface area contributed by atoms with Crippen molar-refractivity contribution < 1.29 is 23.1 Å². The van der Waals surface area contributed by atoms with Gasteiger partial charge in [-0.05, 0) is 38.0 Å². The highest BCUT2D eigenvalue weighted by Gasteiger charge is 2.48. The Kier molecular flexibility index (Phi) is 9.53. The smallest absolute Gasteiger partial charge is 0.303 e. The Morgan fingerprint density at radius 1 is 1.00 bits per heavy atom. The van der Waals surface area contributed by atoms with Gasteiger partial charge in [-0.3, -0.25) is 4.79 Å². The Morgan fingerprint density at radius 3 is 2.37 bits per heavy atom. The normalized spacial score (nSPS) is 27.3. The zero-order valence-corrected chi connectivity index (χ0v) is 17.5. The topological polar surface area (TPSA) is 92.7 Å². The summed E-state index contributed by atoms with van der Waals surface area (Å²) >= 11 is 0. The Balaban J connectivity index is 1.71. The number of rotatable bonds is 15. The summed E-state index contributed by atoms with van der Waals surface area (Å²) in [5.41, 5.74) is 0. The van der Waals surface area contributed by atoms with E-state index in [0.29, 0.717) is 12.5 Å². The third kappa shape index (κ3) is 7.70. The van der Waals surface area contributed by atoms with E-state index in [1.807, 2.05) is 0 Å². The lowest BCUT2D eigenvalue weighted by molar-refractivity contribution is -0.137. The minimum Gasteiger partial charge on any atom is -0.481 e. The Hall–Kier alpha value is -0.660. The van der Waals surface area contributed by atoms with Crippen LogP contribution in [0.25, 0.3) is 0 Å². The van der Waals surface area contributed by atoms with Crippen LogP contribution in [0.2, 0.25) is 0 Å². The number of fused-ring (bicyclic) bond motifs is 2. The van der Waals surface area contributed by atoms with Gasteiger partial charge in [0.2, 0.25) is 10.0 Å². The summed E-state index contributed by atoms with van der Waals surface area (Å²) in [4.78, 5) is 10.5. The summed E-state index contributed by atoms with van der Waals surface area (Å²) in [5.74, 6) is 0.223. The maximum atomic E-state index is 12.3. The largest absolute Gasteiger partial charge is 0.481 e. The van der Waals surface area contributed by atoms with Crippen molar-refractivity contribution in [3.8, 4) is 0 Å². The lowest BCUT2D eigenvalue weighted by Crippen LogP contribution is -2.39. The van der Waals surface area contributed by atoms with Crippen LogP contribution >= 0.6 is 0 Å². The highest BCUT2D eigenvalue weighted by Crippen LogP contribution is 2.45. The number of unbranched alkanes of at least 4 members (excludes halogenated alkanes) is 6. The van der Waals surface area contributed by atoms with Gasteiger partial charge in [0, 0.05) is 18.9 Å². The van der Waals surface area contributed by atoms with Crippen molar-refractivity contribution in [3.63, 3.8) is 0 Å². The molecule has 0 spiro atoms. The van der Waals surface area contributed by atoms with Crippen LogP contribution in [0.4, 0.5) is 0 Å². The van der Waals surface area contributed by atoms with E-state index < -0.39 is 16.0 Å². The van der Waals surface area contributed by atoms with Crippen molar-refractivity contribution in [3.05, 3.63) is 0 Å². The van der Waals surface area contributed by atoms with E-state index in [1.54, 1.807) is 0 Å². The van der Waals surface area contributed by atoms with Crippen molar-refractivity contribution in [2.45, 2.75) is 96.2 Å². The number of ether oxygens (including phenoxy) is 1. The van der Waals surface area contributed by atoms with Gasteiger partial charge in [-0.1, -0.05) is 45.4 Å². The van der Waals surface area contributed by atoms with Gasteiger partial charge >= 0.3 is 5.97 Å². The molecule has 6 nitrogen and oxygen atoms in total. The molecule has 2 heterocycles. The van der Waals surface area contributed by atoms with Gasteiger partial charge in [-0.15, -0.1) is 0 Å². The molecule has 0 saturated carbocycles. The number of nitrogens with one attached hydrogen (secondary N) is 1. The van der Waals surface area contributed by atoms with Crippen LogP contribution in [-0.2, 0) is 19.6 Å². The molecule has 2 saturated heterocycles. The Morgan fingerprint density at radius 2 is 1.67 bits per heavy atom. The second-order valence-corrected chi connectivity index (χ2v) is 10.1. The molecule has 158 valence electrons. The first-order valence-electron chi connectivity index (χ1n) is 10.8. The molecule has 0 aromatic carbocycles. The predicted octanol–water partition coefficient (Wildman–Crippen LogP) is 3.70. The minimum absolute atomic E-state index is 0.204. The van der Waals surface area contributed by atoms with Crippen molar-refractivity contribution in [2.75, 3.05) is 12.3 Å². The summed E-state index contributed by atoms with van der Waals surface area (Å²) in [6, 6.07) is 0. The summed E-state index contributed by atoms with van der Waals surface area (Å²) in [6.45, 7) is 2.62. The van der Waals surface area contributed by atoms with Crippen LogP contribution in [0.1, 0.15) is 84.0 Å². The van der Waals surface area contributed by atoms with Gasteiger partial charge in [0.15, 0.2) is 0 Å². The van der Waals surface area contributed by atoms with Crippen molar-refractivity contribution >= 4 is 16.0 Å². The van der Waals surface area contributed by atoms with E-state index in [1.165, 1.54) is 0 Å². The zero-order chi connectivity index (χ0) is 19.7. The number of carboxylic acids is 1. The molecule has 7 heteroatoms. The molecule has 0 aromatic heterocycles. The first kappa shape index (κ1) is 22.6. The first-order chi connectivity index (χ1) is 12.9. The van der Waals surface area contributed by atoms with Crippen LogP contribution in [0.5, 0.6) is 0 Å². The molecule has 2 bridgehead atoms. The quantitative estimate of drug-likeness (QED) is 0.407. The highest BCUT2D eigenvalue weighted by atomic mass is 32.2. The molecule has 0 unspecified atom stereocenters. The Labute approximate surface area is 164 Å². The number of hydrogen-bond donors (Lipinski definition) is 2. The molecule has 27 heavy (non-hydrogen) atoms. The van der Waals surface area contributed by atoms with E-state index in [2.05, 4.69) is 11.6 Å². The SMILES string of the molecule is CCCCCCS(=O)(=O)NC[C@H]1[C@@H](CCCCCCC(=O)O)[C@H]2CC[C@@H]1O2. The number of carboxylic acid groups (broad SMARTS) is 1. The lowest BCUT2D eigenvalue weighted by atomic mass is 9.76. The summed E-state index contributed by atoms with van der Waals surface area (Å²) < 4.78 is 33.4. The average Bonchev–Trinajstić information content (AvgIpc) is 3.21. The van der Waals surface area contributed by atoms with Crippen LogP contribution in [0, 0.1) is 11.8 Å². The number of hydrogen-bond acceptors (Lipinski definition) is 4. The maximum Gasteiger partial charge on any atom is 0.303 e. The van der Waals surface area contributed by atoms with E-state index >= 15 is 0 Å². The van der Waals surface area contributed by atoms with E-state index in [4.69, 9.17) is 9.84 Å². The first-order valence-corrected chi connectivity index (χ1v) is 12.4. The molecule has 2 aliphatic heterocycles. The molecule has 0 aliphatic carbocycles. The molecule has 2 N–H and O–H groups in total. The highest BCUT2D eigenvalue weighted by molar-refractivity contribution is 7.89. The average molecular weight is 404 g/mol. The molecule has 0 radical (unpaired) electrons. The van der Waals surface area contributed by atoms with E-state index in [0.717, 1.165) is 70.6 Å². The summed E-state index contributed by atoms with van der Waals surface area (Å²) in [7, 11) is -3.19. The summed E-state index contributed by atoms with van der Waals surface area (Å²) in [5, 5.41) is 8.68. The zero-order valence-electron chi connectivity index (χ0n) is 16.7. The second-order valence-electron chi connectivity index (χ2n) is 8.19. The van der Waals surface area contributed by atoms with Crippen LogP contribution < -0.4 is 4.72 Å². The molecule has 2 aliphatic rings. The summed E-state index contributed by atoms with van der Waals surface area (Å²) in [6.07, 6.45) is 11.6. The Bertz CT molecular complexity index is 551. The van der Waals surface area contributed by atoms with Gasteiger partial charge in [-0.25, -0.2) is 13.1 Å². The van der Waals surface area contributed by atoms with Crippen molar-refractivity contribution in [1.29, 1.82) is 0 Å². The van der Waals surface area contributed by atoms with Crippen LogP contribution in [0.15, 0.2) is 0 Å². The molecule has 0 aromatic rings. The predicted molar refractivity (Wildman–Crippen MR) is 106 cm³/mol. The van der Waals surface area contributed by atoms with E-state index in [-0.39, 0.29) is 30.3 Å². The molecule has 4 atom stereocenters. The third-order valence-electron chi connectivity index (χ3n) is 6.07. The van der Waals surface area contributed by atoms with Gasteiger partial charge in [0.25, 0.3) is 0 Å². The monoisotopic (exact) mass is 403 g/mol. The van der Waals surface area contributed by atoms with Gasteiger partial charge in [0.1, 0.15) is 0 Å².